The van der Waals surface area contributed by atoms with Crippen LogP contribution in [-0.4, -0.2) is 32.7 Å². The molecule has 2 aromatic rings. The van der Waals surface area contributed by atoms with Crippen LogP contribution in [0.1, 0.15) is 23.6 Å². The Hall–Kier alpha value is -2.34. The van der Waals surface area contributed by atoms with Gasteiger partial charge in [-0.2, -0.15) is 0 Å². The first-order chi connectivity index (χ1) is 11.4. The van der Waals surface area contributed by atoms with Crippen LogP contribution in [0.5, 0.6) is 0 Å². The Kier molecular flexibility index (Phi) is 4.32. The molecule has 0 saturated carbocycles. The van der Waals surface area contributed by atoms with Gasteiger partial charge in [-0.1, -0.05) is 24.3 Å². The van der Waals surface area contributed by atoms with Crippen molar-refractivity contribution in [1.29, 1.82) is 0 Å². The fourth-order valence-electron chi connectivity index (χ4n) is 3.08. The number of nitrogens with zero attached hydrogens (tertiary/aromatic N) is 1. The standard InChI is InChI=1S/C18H20N2O3S/c1-20(17-12-7-13-5-3-4-6-16(13)17)18(21)19-14-8-10-15(11-9-14)24(2,22)23/h3-6,8-11,17H,7,12H2,1-2H3,(H,19,21)/t17-/m1/s1. The molecular weight excluding hydrogens is 324 g/mol. The number of benzene rings is 2. The molecule has 0 spiro atoms. The lowest BCUT2D eigenvalue weighted by Crippen LogP contribution is -2.34. The summed E-state index contributed by atoms with van der Waals surface area (Å²) in [5.41, 5.74) is 3.06. The molecular formula is C18H20N2O3S. The van der Waals surface area contributed by atoms with Gasteiger partial charge in [0, 0.05) is 19.0 Å². The molecule has 6 heteroatoms. The maximum absolute atomic E-state index is 12.5. The molecule has 1 aliphatic carbocycles. The van der Waals surface area contributed by atoms with Crippen molar-refractivity contribution >= 4 is 21.6 Å². The van der Waals surface area contributed by atoms with E-state index in [9.17, 15) is 13.2 Å². The van der Waals surface area contributed by atoms with E-state index >= 15 is 0 Å². The summed E-state index contributed by atoms with van der Waals surface area (Å²) in [5.74, 6) is 0. The van der Waals surface area contributed by atoms with Crippen molar-refractivity contribution in [2.24, 2.45) is 0 Å². The first-order valence-electron chi connectivity index (χ1n) is 7.78. The Morgan fingerprint density at radius 2 is 1.79 bits per heavy atom. The molecule has 0 aliphatic heterocycles. The normalized spacial score (nSPS) is 16.5. The Balaban J connectivity index is 1.71. The number of aryl methyl sites for hydroxylation is 1. The Morgan fingerprint density at radius 1 is 1.12 bits per heavy atom. The van der Waals surface area contributed by atoms with Crippen LogP contribution in [0.2, 0.25) is 0 Å². The van der Waals surface area contributed by atoms with Crippen molar-refractivity contribution < 1.29 is 13.2 Å². The van der Waals surface area contributed by atoms with Gasteiger partial charge in [0.2, 0.25) is 0 Å². The molecule has 1 atom stereocenters. The van der Waals surface area contributed by atoms with Crippen molar-refractivity contribution in [2.45, 2.75) is 23.8 Å². The van der Waals surface area contributed by atoms with E-state index in [-0.39, 0.29) is 17.0 Å². The van der Waals surface area contributed by atoms with E-state index in [1.165, 1.54) is 23.3 Å². The zero-order valence-corrected chi connectivity index (χ0v) is 14.5. The number of hydrogen-bond donors (Lipinski definition) is 1. The zero-order valence-electron chi connectivity index (χ0n) is 13.7. The molecule has 0 aromatic heterocycles. The molecule has 2 amide bonds. The summed E-state index contributed by atoms with van der Waals surface area (Å²) in [7, 11) is -1.45. The summed E-state index contributed by atoms with van der Waals surface area (Å²) in [4.78, 5) is 14.4. The monoisotopic (exact) mass is 344 g/mol. The third-order valence-electron chi connectivity index (χ3n) is 4.42. The van der Waals surface area contributed by atoms with Crippen LogP contribution in [0, 0.1) is 0 Å². The number of hydrogen-bond acceptors (Lipinski definition) is 3. The number of carbonyl (C=O) groups is 1. The van der Waals surface area contributed by atoms with Gasteiger partial charge in [0.1, 0.15) is 0 Å². The maximum atomic E-state index is 12.5. The van der Waals surface area contributed by atoms with Crippen LogP contribution in [0.3, 0.4) is 0 Å². The third kappa shape index (κ3) is 3.28. The Labute approximate surface area is 142 Å². The molecule has 126 valence electrons. The van der Waals surface area contributed by atoms with Crippen molar-refractivity contribution in [3.05, 3.63) is 59.7 Å². The first kappa shape index (κ1) is 16.5. The van der Waals surface area contributed by atoms with E-state index < -0.39 is 9.84 Å². The highest BCUT2D eigenvalue weighted by molar-refractivity contribution is 7.90. The van der Waals surface area contributed by atoms with Gasteiger partial charge in [0.05, 0.1) is 10.9 Å². The van der Waals surface area contributed by atoms with E-state index in [2.05, 4.69) is 17.4 Å². The number of anilines is 1. The number of amides is 2. The molecule has 5 nitrogen and oxygen atoms in total. The highest BCUT2D eigenvalue weighted by Gasteiger charge is 2.28. The van der Waals surface area contributed by atoms with Gasteiger partial charge in [-0.05, 0) is 48.2 Å². The summed E-state index contributed by atoms with van der Waals surface area (Å²) in [6.45, 7) is 0. The summed E-state index contributed by atoms with van der Waals surface area (Å²) >= 11 is 0. The molecule has 0 fully saturated rings. The summed E-state index contributed by atoms with van der Waals surface area (Å²) < 4.78 is 22.9. The van der Waals surface area contributed by atoms with E-state index in [1.54, 1.807) is 24.1 Å². The summed E-state index contributed by atoms with van der Waals surface area (Å²) in [5, 5.41) is 2.82. The van der Waals surface area contributed by atoms with Gasteiger partial charge in [0.15, 0.2) is 9.84 Å². The van der Waals surface area contributed by atoms with Gasteiger partial charge >= 0.3 is 6.03 Å². The van der Waals surface area contributed by atoms with Crippen LogP contribution < -0.4 is 5.32 Å². The quantitative estimate of drug-likeness (QED) is 0.929. The fraction of sp³-hybridized carbons (Fsp3) is 0.278. The number of carbonyl (C=O) groups excluding carboxylic acids is 1. The fourth-order valence-corrected chi connectivity index (χ4v) is 3.71. The number of urea groups is 1. The van der Waals surface area contributed by atoms with Gasteiger partial charge in [-0.3, -0.25) is 0 Å². The van der Waals surface area contributed by atoms with E-state index in [0.29, 0.717) is 5.69 Å². The Morgan fingerprint density at radius 3 is 2.46 bits per heavy atom. The number of sulfone groups is 1. The molecule has 0 heterocycles. The van der Waals surface area contributed by atoms with E-state index in [4.69, 9.17) is 0 Å². The van der Waals surface area contributed by atoms with Gasteiger partial charge < -0.3 is 10.2 Å². The van der Waals surface area contributed by atoms with Crippen LogP contribution in [0.15, 0.2) is 53.4 Å². The van der Waals surface area contributed by atoms with Crippen molar-refractivity contribution in [3.63, 3.8) is 0 Å². The van der Waals surface area contributed by atoms with Crippen molar-refractivity contribution in [2.75, 3.05) is 18.6 Å². The molecule has 24 heavy (non-hydrogen) atoms. The second kappa shape index (κ2) is 6.28. The number of rotatable bonds is 3. The summed E-state index contributed by atoms with van der Waals surface area (Å²) in [6.07, 6.45) is 3.05. The lowest BCUT2D eigenvalue weighted by molar-refractivity contribution is 0.204. The second-order valence-corrected chi connectivity index (χ2v) is 8.11. The maximum Gasteiger partial charge on any atom is 0.322 e. The minimum atomic E-state index is -3.23. The van der Waals surface area contributed by atoms with Crippen LogP contribution in [0.4, 0.5) is 10.5 Å². The molecule has 0 saturated heterocycles. The SMILES string of the molecule is CN(C(=O)Nc1ccc(S(C)(=O)=O)cc1)[C@@H]1CCc2ccccc21. The average molecular weight is 344 g/mol. The number of nitrogens with one attached hydrogen (secondary N) is 1. The number of fused-ring (bicyclic) bond motifs is 1. The smallest absolute Gasteiger partial charge is 0.321 e. The molecule has 0 unspecified atom stereocenters. The predicted octanol–water partition coefficient (Wildman–Crippen LogP) is 3.24. The molecule has 0 radical (unpaired) electrons. The lowest BCUT2D eigenvalue weighted by atomic mass is 10.1. The van der Waals surface area contributed by atoms with Crippen LogP contribution >= 0.6 is 0 Å². The van der Waals surface area contributed by atoms with Crippen LogP contribution in [0.25, 0.3) is 0 Å². The van der Waals surface area contributed by atoms with Crippen molar-refractivity contribution in [1.82, 2.24) is 4.90 Å². The topological polar surface area (TPSA) is 66.5 Å². The third-order valence-corrected chi connectivity index (χ3v) is 5.55. The highest BCUT2D eigenvalue weighted by atomic mass is 32.2. The zero-order chi connectivity index (χ0) is 17.3. The molecule has 0 bridgehead atoms. The van der Waals surface area contributed by atoms with Crippen LogP contribution in [-0.2, 0) is 16.3 Å². The molecule has 1 N–H and O–H groups in total. The second-order valence-electron chi connectivity index (χ2n) is 6.09. The van der Waals surface area contributed by atoms with Gasteiger partial charge in [0.25, 0.3) is 0 Å². The molecule has 1 aliphatic rings. The molecule has 3 rings (SSSR count). The van der Waals surface area contributed by atoms with Gasteiger partial charge in [-0.25, -0.2) is 13.2 Å². The first-order valence-corrected chi connectivity index (χ1v) is 9.67. The average Bonchev–Trinajstić information content (AvgIpc) is 2.97. The van der Waals surface area contributed by atoms with Gasteiger partial charge in [-0.15, -0.1) is 0 Å². The van der Waals surface area contributed by atoms with E-state index in [0.717, 1.165) is 19.1 Å². The van der Waals surface area contributed by atoms with E-state index in [1.807, 2.05) is 12.1 Å². The van der Waals surface area contributed by atoms with Crippen molar-refractivity contribution in [3.8, 4) is 0 Å². The highest BCUT2D eigenvalue weighted by Crippen LogP contribution is 2.35. The molecule has 2 aromatic carbocycles. The predicted molar refractivity (Wildman–Crippen MR) is 93.8 cm³/mol. The summed E-state index contributed by atoms with van der Waals surface area (Å²) in [6, 6.07) is 14.2. The Bertz CT molecular complexity index is 860. The lowest BCUT2D eigenvalue weighted by Gasteiger charge is -2.25. The minimum Gasteiger partial charge on any atom is -0.321 e. The minimum absolute atomic E-state index is 0.0662. The largest absolute Gasteiger partial charge is 0.322 e.